The first-order valence-electron chi connectivity index (χ1n) is 11.0. The lowest BCUT2D eigenvalue weighted by molar-refractivity contribution is -0.141. The zero-order valence-corrected chi connectivity index (χ0v) is 19.5. The van der Waals surface area contributed by atoms with E-state index in [9.17, 15) is 9.59 Å². The molecule has 1 atom stereocenters. The van der Waals surface area contributed by atoms with Gasteiger partial charge in [-0.3, -0.25) is 9.59 Å². The van der Waals surface area contributed by atoms with E-state index < -0.39 is 6.04 Å². The number of ether oxygens (including phenoxy) is 1. The van der Waals surface area contributed by atoms with Crippen molar-refractivity contribution in [2.45, 2.75) is 59.0 Å². The molecule has 2 aromatic rings. The molecule has 0 heterocycles. The molecule has 2 aromatic carbocycles. The van der Waals surface area contributed by atoms with Gasteiger partial charge in [-0.15, -0.1) is 0 Å². The Morgan fingerprint density at radius 1 is 1.10 bits per heavy atom. The minimum absolute atomic E-state index is 0.0403. The van der Waals surface area contributed by atoms with Crippen LogP contribution in [0.3, 0.4) is 0 Å². The molecule has 1 N–H and O–H groups in total. The summed E-state index contributed by atoms with van der Waals surface area (Å²) >= 11 is 5.89. The molecule has 0 bridgehead atoms. The molecular weight excluding hydrogens is 412 g/mol. The molecule has 0 saturated heterocycles. The molecule has 6 heteroatoms. The van der Waals surface area contributed by atoms with E-state index in [0.717, 1.165) is 23.3 Å². The summed E-state index contributed by atoms with van der Waals surface area (Å²) in [4.78, 5) is 27.6. The Labute approximate surface area is 190 Å². The van der Waals surface area contributed by atoms with Crippen LogP contribution in [0.5, 0.6) is 5.75 Å². The van der Waals surface area contributed by atoms with Crippen LogP contribution < -0.4 is 10.1 Å². The second-order valence-electron chi connectivity index (χ2n) is 7.57. The van der Waals surface area contributed by atoms with Gasteiger partial charge in [0.1, 0.15) is 11.8 Å². The number of hydrogen-bond donors (Lipinski definition) is 1. The average Bonchev–Trinajstić information content (AvgIpc) is 2.77. The third-order valence-corrected chi connectivity index (χ3v) is 5.41. The Kier molecular flexibility index (Phi) is 10.4. The number of carbonyl (C=O) groups excluding carboxylic acids is 2. The Morgan fingerprint density at radius 2 is 1.81 bits per heavy atom. The van der Waals surface area contributed by atoms with E-state index >= 15 is 0 Å². The largest absolute Gasteiger partial charge is 0.494 e. The summed E-state index contributed by atoms with van der Waals surface area (Å²) < 4.78 is 5.71. The molecular formula is C25H33ClN2O3. The Hall–Kier alpha value is -2.53. The molecule has 2 amide bonds. The molecule has 0 radical (unpaired) electrons. The molecule has 0 spiro atoms. The topological polar surface area (TPSA) is 58.6 Å². The van der Waals surface area contributed by atoms with Crippen molar-refractivity contribution in [2.24, 2.45) is 0 Å². The summed E-state index contributed by atoms with van der Waals surface area (Å²) in [5.74, 6) is 0.587. The van der Waals surface area contributed by atoms with Crippen molar-refractivity contribution >= 4 is 23.4 Å². The quantitative estimate of drug-likeness (QED) is 0.461. The number of carbonyl (C=O) groups is 2. The molecule has 0 saturated carbocycles. The molecule has 0 aliphatic heterocycles. The third kappa shape index (κ3) is 7.91. The van der Waals surface area contributed by atoms with Crippen LogP contribution in [0.15, 0.2) is 48.5 Å². The zero-order valence-electron chi connectivity index (χ0n) is 18.7. The van der Waals surface area contributed by atoms with Crippen LogP contribution in [0, 0.1) is 6.92 Å². The number of hydrogen-bond acceptors (Lipinski definition) is 3. The fourth-order valence-corrected chi connectivity index (χ4v) is 3.47. The highest BCUT2D eigenvalue weighted by atomic mass is 35.5. The SMILES string of the molecule is CCCNC(=O)[C@H](CC)N(Cc1ccccc1C)C(=O)CCCOc1ccc(Cl)cc1. The predicted molar refractivity (Wildman–Crippen MR) is 125 cm³/mol. The van der Waals surface area contributed by atoms with Crippen molar-refractivity contribution in [3.63, 3.8) is 0 Å². The van der Waals surface area contributed by atoms with Gasteiger partial charge in [0.2, 0.25) is 11.8 Å². The van der Waals surface area contributed by atoms with Crippen molar-refractivity contribution in [1.29, 1.82) is 0 Å². The summed E-state index contributed by atoms with van der Waals surface area (Å²) in [5, 5.41) is 3.60. The van der Waals surface area contributed by atoms with E-state index in [-0.39, 0.29) is 11.8 Å². The van der Waals surface area contributed by atoms with Gasteiger partial charge < -0.3 is 15.0 Å². The number of amides is 2. The van der Waals surface area contributed by atoms with Crippen LogP contribution in [0.1, 0.15) is 50.7 Å². The maximum Gasteiger partial charge on any atom is 0.242 e. The summed E-state index contributed by atoms with van der Waals surface area (Å²) in [7, 11) is 0. The van der Waals surface area contributed by atoms with Gasteiger partial charge in [-0.05, 0) is 61.6 Å². The maximum atomic E-state index is 13.2. The minimum Gasteiger partial charge on any atom is -0.494 e. The summed E-state index contributed by atoms with van der Waals surface area (Å²) in [6.07, 6.45) is 2.31. The monoisotopic (exact) mass is 444 g/mol. The Morgan fingerprint density at radius 3 is 2.45 bits per heavy atom. The van der Waals surface area contributed by atoms with Gasteiger partial charge in [-0.2, -0.15) is 0 Å². The standard InChI is InChI=1S/C25H33ClN2O3/c1-4-16-27-25(30)23(5-2)28(18-20-10-7-6-9-19(20)3)24(29)11-8-17-31-22-14-12-21(26)13-15-22/h6-7,9-10,12-15,23H,4-5,8,11,16-18H2,1-3H3,(H,27,30)/t23-/m0/s1. The molecule has 2 rings (SSSR count). The molecule has 0 fully saturated rings. The number of aryl methyl sites for hydroxylation is 1. The fraction of sp³-hybridized carbons (Fsp3) is 0.440. The van der Waals surface area contributed by atoms with E-state index in [1.54, 1.807) is 29.2 Å². The molecule has 5 nitrogen and oxygen atoms in total. The van der Waals surface area contributed by atoms with Gasteiger partial charge in [-0.25, -0.2) is 0 Å². The Bertz CT molecular complexity index is 839. The highest BCUT2D eigenvalue weighted by molar-refractivity contribution is 6.30. The van der Waals surface area contributed by atoms with Gasteiger partial charge in [0.05, 0.1) is 6.61 Å². The lowest BCUT2D eigenvalue weighted by atomic mass is 10.1. The first kappa shape index (κ1) is 24.7. The highest BCUT2D eigenvalue weighted by Crippen LogP contribution is 2.18. The van der Waals surface area contributed by atoms with E-state index in [2.05, 4.69) is 5.32 Å². The second-order valence-corrected chi connectivity index (χ2v) is 8.01. The van der Waals surface area contributed by atoms with Crippen LogP contribution in [0.2, 0.25) is 5.02 Å². The molecule has 0 aliphatic carbocycles. The first-order valence-corrected chi connectivity index (χ1v) is 11.3. The van der Waals surface area contributed by atoms with Crippen LogP contribution in [0.4, 0.5) is 0 Å². The van der Waals surface area contributed by atoms with Crippen molar-refractivity contribution in [3.8, 4) is 5.75 Å². The maximum absolute atomic E-state index is 13.2. The molecule has 0 unspecified atom stereocenters. The Balaban J connectivity index is 2.04. The summed E-state index contributed by atoms with van der Waals surface area (Å²) in [5.41, 5.74) is 2.16. The number of halogens is 1. The molecule has 0 aromatic heterocycles. The van der Waals surface area contributed by atoms with E-state index in [0.29, 0.717) is 44.0 Å². The van der Waals surface area contributed by atoms with Crippen LogP contribution in [-0.2, 0) is 16.1 Å². The van der Waals surface area contributed by atoms with Gasteiger partial charge in [0.25, 0.3) is 0 Å². The highest BCUT2D eigenvalue weighted by Gasteiger charge is 2.28. The number of rotatable bonds is 12. The lowest BCUT2D eigenvalue weighted by Crippen LogP contribution is -2.49. The molecule has 168 valence electrons. The van der Waals surface area contributed by atoms with Gasteiger partial charge >= 0.3 is 0 Å². The smallest absolute Gasteiger partial charge is 0.242 e. The third-order valence-electron chi connectivity index (χ3n) is 5.15. The molecule has 31 heavy (non-hydrogen) atoms. The van der Waals surface area contributed by atoms with E-state index in [1.165, 1.54) is 0 Å². The lowest BCUT2D eigenvalue weighted by Gasteiger charge is -2.31. The van der Waals surface area contributed by atoms with Crippen molar-refractivity contribution < 1.29 is 14.3 Å². The van der Waals surface area contributed by atoms with Crippen LogP contribution in [0.25, 0.3) is 0 Å². The zero-order chi connectivity index (χ0) is 22.6. The van der Waals surface area contributed by atoms with Gasteiger partial charge in [0, 0.05) is 24.5 Å². The number of nitrogens with one attached hydrogen (secondary N) is 1. The van der Waals surface area contributed by atoms with Gasteiger partial charge in [0.15, 0.2) is 0 Å². The summed E-state index contributed by atoms with van der Waals surface area (Å²) in [6, 6.07) is 14.6. The molecule has 0 aliphatic rings. The minimum atomic E-state index is -0.490. The van der Waals surface area contributed by atoms with E-state index in [1.807, 2.05) is 45.0 Å². The first-order chi connectivity index (χ1) is 15.0. The number of benzene rings is 2. The normalized spacial score (nSPS) is 11.6. The van der Waals surface area contributed by atoms with Crippen molar-refractivity contribution in [1.82, 2.24) is 10.2 Å². The average molecular weight is 445 g/mol. The summed E-state index contributed by atoms with van der Waals surface area (Å²) in [6.45, 7) is 7.43. The number of nitrogens with zero attached hydrogens (tertiary/aromatic N) is 1. The van der Waals surface area contributed by atoms with Crippen molar-refractivity contribution in [2.75, 3.05) is 13.2 Å². The van der Waals surface area contributed by atoms with Crippen LogP contribution in [-0.4, -0.2) is 35.9 Å². The van der Waals surface area contributed by atoms with E-state index in [4.69, 9.17) is 16.3 Å². The van der Waals surface area contributed by atoms with Crippen LogP contribution >= 0.6 is 11.6 Å². The predicted octanol–water partition coefficient (Wildman–Crippen LogP) is 5.14. The van der Waals surface area contributed by atoms with Crippen molar-refractivity contribution in [3.05, 3.63) is 64.7 Å². The second kappa shape index (κ2) is 13.0. The fourth-order valence-electron chi connectivity index (χ4n) is 3.34. The van der Waals surface area contributed by atoms with Gasteiger partial charge in [-0.1, -0.05) is 49.7 Å².